The van der Waals surface area contributed by atoms with E-state index in [1.165, 1.54) is 28.7 Å². The van der Waals surface area contributed by atoms with Crippen molar-refractivity contribution in [2.45, 2.75) is 103 Å². The third-order valence-corrected chi connectivity index (χ3v) is 12.1. The van der Waals surface area contributed by atoms with Crippen LogP contribution in [0.25, 0.3) is 22.3 Å². The highest BCUT2D eigenvalue weighted by molar-refractivity contribution is 7.14. The minimum atomic E-state index is -1.53. The average Bonchev–Trinajstić information content (AvgIpc) is 3.82. The number of rotatable bonds is 15. The topological polar surface area (TPSA) is 202 Å². The summed E-state index contributed by atoms with van der Waals surface area (Å²) in [5.41, 5.74) is -0.649. The van der Waals surface area contributed by atoms with E-state index < -0.39 is 58.9 Å². The SMILES string of the molecule is C=C[C@@H]1C[C@]1(NC(=O)[C@@H]1C[C@@H](Oc2cc(-c3csc(NC(C)C)n3)nc3cc(OCCO)ccc23)CN1C(=O)[C@@H](NC(=O)OC1CC2C[C@H]2C1)C(C)(C)C)C(=O)O. The van der Waals surface area contributed by atoms with E-state index in [0.29, 0.717) is 45.6 Å². The first-order valence-corrected chi connectivity index (χ1v) is 20.5. The van der Waals surface area contributed by atoms with Gasteiger partial charge in [-0.2, -0.15) is 0 Å². The van der Waals surface area contributed by atoms with Gasteiger partial charge in [-0.3, -0.25) is 9.59 Å². The van der Waals surface area contributed by atoms with Gasteiger partial charge in [-0.05, 0) is 68.9 Å². The second kappa shape index (κ2) is 15.8. The standard InChI is InChI=1S/C41H52N6O9S/c1-7-24-18-41(24,37(51)52)46-35(49)32-16-27(19-47(32)36(50)34(40(4,5)6)45-39(53)56-26-13-22-12-23(22)14-26)55-33-17-30(31-20-57-38(44-31)42-21(2)3)43-29-15-25(54-11-10-48)8-9-28(29)33/h7-9,15,17,20-24,26-27,32,34,48H,1,10-14,16,18-19H2,2-6H3,(H,42,44)(H,45,53)(H,46,49)(H,51,52)/t22-,23?,24+,26?,27+,32-,34+,41+/m0/s1. The highest BCUT2D eigenvalue weighted by Gasteiger charge is 2.61. The summed E-state index contributed by atoms with van der Waals surface area (Å²) in [6.07, 6.45) is 2.91. The Kier molecular flexibility index (Phi) is 11.1. The largest absolute Gasteiger partial charge is 0.491 e. The number of amides is 3. The number of carboxylic acids is 1. The summed E-state index contributed by atoms with van der Waals surface area (Å²) in [5, 5.41) is 31.5. The molecule has 1 aliphatic heterocycles. The van der Waals surface area contributed by atoms with E-state index in [1.807, 2.05) is 40.0 Å². The molecule has 5 N–H and O–H groups in total. The van der Waals surface area contributed by atoms with Gasteiger partial charge in [-0.15, -0.1) is 17.9 Å². The molecular formula is C41H52N6O9S. The van der Waals surface area contributed by atoms with Crippen molar-refractivity contribution < 1.29 is 43.6 Å². The molecule has 16 heteroatoms. The van der Waals surface area contributed by atoms with Crippen LogP contribution in [0.5, 0.6) is 11.5 Å². The lowest BCUT2D eigenvalue weighted by atomic mass is 9.85. The summed E-state index contributed by atoms with van der Waals surface area (Å²) in [6, 6.07) is 5.02. The summed E-state index contributed by atoms with van der Waals surface area (Å²) < 4.78 is 18.1. The molecular weight excluding hydrogens is 753 g/mol. The number of carbonyl (C=O) groups excluding carboxylic acids is 3. The van der Waals surface area contributed by atoms with Crippen LogP contribution in [0.4, 0.5) is 9.93 Å². The van der Waals surface area contributed by atoms with Crippen molar-refractivity contribution in [1.82, 2.24) is 25.5 Å². The van der Waals surface area contributed by atoms with E-state index in [9.17, 15) is 29.4 Å². The molecule has 2 aromatic heterocycles. The summed E-state index contributed by atoms with van der Waals surface area (Å²) in [7, 11) is 0. The van der Waals surface area contributed by atoms with Crippen LogP contribution in [0.3, 0.4) is 0 Å². The molecule has 3 heterocycles. The molecule has 0 radical (unpaired) electrons. The minimum absolute atomic E-state index is 0.0346. The second-order valence-corrected chi connectivity index (χ2v) is 17.9. The van der Waals surface area contributed by atoms with Gasteiger partial charge in [-0.1, -0.05) is 26.8 Å². The maximum atomic E-state index is 14.7. The van der Waals surface area contributed by atoms with Gasteiger partial charge in [0.25, 0.3) is 0 Å². The zero-order chi connectivity index (χ0) is 40.8. The summed E-state index contributed by atoms with van der Waals surface area (Å²) in [6.45, 7) is 13.1. The molecule has 3 aromatic rings. The fraction of sp³-hybridized carbons (Fsp3) is 0.561. The summed E-state index contributed by atoms with van der Waals surface area (Å²) >= 11 is 1.44. The lowest BCUT2D eigenvalue weighted by Crippen LogP contribution is -2.59. The number of benzene rings is 1. The number of aromatic nitrogens is 2. The number of nitrogens with one attached hydrogen (secondary N) is 3. The number of alkyl carbamates (subject to hydrolysis) is 1. The number of hydrogen-bond donors (Lipinski definition) is 5. The van der Waals surface area contributed by atoms with E-state index in [-0.39, 0.29) is 44.7 Å². The number of hydrogen-bond acceptors (Lipinski definition) is 12. The highest BCUT2D eigenvalue weighted by atomic mass is 32.1. The van der Waals surface area contributed by atoms with Crippen molar-refractivity contribution in [3.05, 3.63) is 42.3 Å². The van der Waals surface area contributed by atoms with Gasteiger partial charge in [0.05, 0.1) is 24.4 Å². The van der Waals surface area contributed by atoms with E-state index in [0.717, 1.165) is 18.0 Å². The zero-order valence-electron chi connectivity index (χ0n) is 32.9. The Morgan fingerprint density at radius 2 is 1.82 bits per heavy atom. The molecule has 7 rings (SSSR count). The van der Waals surface area contributed by atoms with Crippen molar-refractivity contribution in [2.24, 2.45) is 23.2 Å². The molecule has 2 unspecified atom stereocenters. The quantitative estimate of drug-likeness (QED) is 0.129. The van der Waals surface area contributed by atoms with E-state index >= 15 is 0 Å². The first-order chi connectivity index (χ1) is 27.1. The maximum Gasteiger partial charge on any atom is 0.408 e. The molecule has 0 bridgehead atoms. The van der Waals surface area contributed by atoms with Crippen LogP contribution in [-0.4, -0.2) is 105 Å². The molecule has 4 aliphatic rings. The Hall–Kier alpha value is -4.96. The van der Waals surface area contributed by atoms with E-state index in [1.54, 1.807) is 24.3 Å². The average molecular weight is 805 g/mol. The zero-order valence-corrected chi connectivity index (χ0v) is 33.8. The van der Waals surface area contributed by atoms with E-state index in [2.05, 4.69) is 22.5 Å². The fourth-order valence-electron chi connectivity index (χ4n) is 8.11. The summed E-state index contributed by atoms with van der Waals surface area (Å²) in [4.78, 5) is 65.5. The van der Waals surface area contributed by atoms with Gasteiger partial charge in [-0.25, -0.2) is 19.6 Å². The number of aliphatic carboxylic acids is 1. The number of aliphatic hydroxyl groups is 1. The van der Waals surface area contributed by atoms with Crippen molar-refractivity contribution in [1.29, 1.82) is 0 Å². The number of carbonyl (C=O) groups is 4. The van der Waals surface area contributed by atoms with Gasteiger partial charge in [0.15, 0.2) is 5.13 Å². The monoisotopic (exact) mass is 804 g/mol. The van der Waals surface area contributed by atoms with Gasteiger partial charge < -0.3 is 45.3 Å². The number of carboxylic acid groups (broad SMARTS) is 1. The Bertz CT molecular complexity index is 2040. The van der Waals surface area contributed by atoms with Gasteiger partial charge in [0.2, 0.25) is 11.8 Å². The predicted molar refractivity (Wildman–Crippen MR) is 213 cm³/mol. The number of fused-ring (bicyclic) bond motifs is 2. The van der Waals surface area contributed by atoms with Crippen molar-refractivity contribution >= 4 is 51.2 Å². The van der Waals surface area contributed by atoms with Crippen LogP contribution in [0.2, 0.25) is 0 Å². The Labute approximate surface area is 335 Å². The number of pyridine rings is 1. The van der Waals surface area contributed by atoms with Crippen LogP contribution >= 0.6 is 11.3 Å². The predicted octanol–water partition coefficient (Wildman–Crippen LogP) is 4.98. The molecule has 8 atom stereocenters. The smallest absolute Gasteiger partial charge is 0.408 e. The van der Waals surface area contributed by atoms with Crippen LogP contribution in [-0.2, 0) is 19.1 Å². The van der Waals surface area contributed by atoms with Crippen molar-refractivity contribution in [3.63, 3.8) is 0 Å². The Balaban J connectivity index is 1.19. The first-order valence-electron chi connectivity index (χ1n) is 19.6. The number of nitrogens with zero attached hydrogens (tertiary/aromatic N) is 3. The second-order valence-electron chi connectivity index (χ2n) is 17.1. The van der Waals surface area contributed by atoms with Gasteiger partial charge in [0.1, 0.15) is 53.6 Å². The number of ether oxygens (including phenoxy) is 3. The van der Waals surface area contributed by atoms with Crippen LogP contribution in [0, 0.1) is 23.2 Å². The molecule has 4 fully saturated rings. The molecule has 3 saturated carbocycles. The van der Waals surface area contributed by atoms with Crippen LogP contribution in [0.15, 0.2) is 42.3 Å². The number of aliphatic hydroxyl groups excluding tert-OH is 1. The maximum absolute atomic E-state index is 14.7. The molecule has 57 heavy (non-hydrogen) atoms. The molecule has 1 saturated heterocycles. The molecule has 1 aromatic carbocycles. The Morgan fingerprint density at radius 1 is 1.07 bits per heavy atom. The molecule has 0 spiro atoms. The number of thiazole rings is 1. The van der Waals surface area contributed by atoms with Gasteiger partial charge in [0, 0.05) is 41.3 Å². The van der Waals surface area contributed by atoms with Crippen LogP contribution < -0.4 is 25.4 Å². The third-order valence-electron chi connectivity index (χ3n) is 11.3. The van der Waals surface area contributed by atoms with Gasteiger partial charge >= 0.3 is 12.1 Å². The van der Waals surface area contributed by atoms with Crippen molar-refractivity contribution in [3.8, 4) is 22.9 Å². The molecule has 15 nitrogen and oxygen atoms in total. The number of likely N-dealkylation sites (tertiary alicyclic amines) is 1. The minimum Gasteiger partial charge on any atom is -0.491 e. The summed E-state index contributed by atoms with van der Waals surface area (Å²) in [5.74, 6) is -0.685. The molecule has 306 valence electrons. The molecule has 3 amide bonds. The van der Waals surface area contributed by atoms with E-state index in [4.69, 9.17) is 24.2 Å². The molecule has 3 aliphatic carbocycles. The Morgan fingerprint density at radius 3 is 2.47 bits per heavy atom. The van der Waals surface area contributed by atoms with Crippen LogP contribution in [0.1, 0.15) is 66.7 Å². The normalized spacial score (nSPS) is 26.7. The lowest BCUT2D eigenvalue weighted by molar-refractivity contribution is -0.146. The highest BCUT2D eigenvalue weighted by Crippen LogP contribution is 2.52. The number of anilines is 1. The first kappa shape index (κ1) is 40.2. The third kappa shape index (κ3) is 8.66. The lowest BCUT2D eigenvalue weighted by Gasteiger charge is -2.35. The fourth-order valence-corrected chi connectivity index (χ4v) is 8.96. The van der Waals surface area contributed by atoms with Crippen molar-refractivity contribution in [2.75, 3.05) is 25.1 Å².